The third kappa shape index (κ3) is 2.77. The molecular formula is C21H21N3O3. The van der Waals surface area contributed by atoms with E-state index in [2.05, 4.69) is 41.3 Å². The number of hydrogen-bond donors (Lipinski definition) is 1. The van der Waals surface area contributed by atoms with Crippen LogP contribution in [0.25, 0.3) is 10.9 Å². The first-order valence-corrected chi connectivity index (χ1v) is 9.20. The van der Waals surface area contributed by atoms with Crippen molar-refractivity contribution >= 4 is 22.6 Å². The van der Waals surface area contributed by atoms with Gasteiger partial charge in [-0.1, -0.05) is 12.1 Å². The summed E-state index contributed by atoms with van der Waals surface area (Å²) in [5, 5.41) is 4.28. The number of nitrogens with one attached hydrogen (secondary N) is 1. The van der Waals surface area contributed by atoms with Crippen LogP contribution in [0.4, 0.5) is 10.5 Å². The van der Waals surface area contributed by atoms with E-state index in [9.17, 15) is 4.79 Å². The van der Waals surface area contributed by atoms with Crippen molar-refractivity contribution in [2.24, 2.45) is 7.05 Å². The highest BCUT2D eigenvalue weighted by Crippen LogP contribution is 2.33. The van der Waals surface area contributed by atoms with Gasteiger partial charge in [0.2, 0.25) is 0 Å². The third-order valence-electron chi connectivity index (χ3n) is 5.27. The lowest BCUT2D eigenvalue weighted by Gasteiger charge is -2.23. The van der Waals surface area contributed by atoms with E-state index in [1.54, 1.807) is 0 Å². The number of rotatable bonds is 1. The number of aromatic nitrogens is 1. The van der Waals surface area contributed by atoms with E-state index >= 15 is 0 Å². The predicted octanol–water partition coefficient (Wildman–Crippen LogP) is 3.54. The zero-order valence-electron chi connectivity index (χ0n) is 15.2. The number of amides is 2. The van der Waals surface area contributed by atoms with Crippen molar-refractivity contribution in [2.45, 2.75) is 13.0 Å². The molecule has 0 saturated heterocycles. The highest BCUT2D eigenvalue weighted by atomic mass is 16.6. The number of urea groups is 1. The number of hydrogen-bond acceptors (Lipinski definition) is 3. The van der Waals surface area contributed by atoms with Crippen molar-refractivity contribution in [3.8, 4) is 11.5 Å². The summed E-state index contributed by atoms with van der Waals surface area (Å²) >= 11 is 0. The van der Waals surface area contributed by atoms with Crippen molar-refractivity contribution in [2.75, 3.05) is 25.1 Å². The van der Waals surface area contributed by atoms with Crippen molar-refractivity contribution < 1.29 is 14.3 Å². The molecule has 3 aromatic rings. The summed E-state index contributed by atoms with van der Waals surface area (Å²) in [4.78, 5) is 14.8. The van der Waals surface area contributed by atoms with Crippen LogP contribution in [0.3, 0.4) is 0 Å². The van der Waals surface area contributed by atoms with Gasteiger partial charge < -0.3 is 24.3 Å². The fourth-order valence-corrected chi connectivity index (χ4v) is 3.98. The Bertz CT molecular complexity index is 1040. The van der Waals surface area contributed by atoms with Gasteiger partial charge in [0.1, 0.15) is 13.2 Å². The van der Waals surface area contributed by atoms with Crippen molar-refractivity contribution in [3.05, 3.63) is 53.7 Å². The molecule has 0 unspecified atom stereocenters. The second-order valence-electron chi connectivity index (χ2n) is 7.04. The summed E-state index contributed by atoms with van der Waals surface area (Å²) in [6.07, 6.45) is 3.03. The van der Waals surface area contributed by atoms with E-state index in [1.807, 2.05) is 23.1 Å². The molecule has 1 aromatic heterocycles. The van der Waals surface area contributed by atoms with Crippen LogP contribution >= 0.6 is 0 Å². The largest absolute Gasteiger partial charge is 0.486 e. The lowest BCUT2D eigenvalue weighted by molar-refractivity contribution is 0.171. The van der Waals surface area contributed by atoms with Crippen molar-refractivity contribution in [1.82, 2.24) is 9.47 Å². The maximum absolute atomic E-state index is 12.9. The molecule has 2 aliphatic rings. The van der Waals surface area contributed by atoms with E-state index in [1.165, 1.54) is 22.0 Å². The molecule has 0 saturated carbocycles. The molecule has 6 nitrogen and oxygen atoms in total. The average molecular weight is 363 g/mol. The number of carbonyl (C=O) groups is 1. The lowest BCUT2D eigenvalue weighted by atomic mass is 10.1. The molecule has 6 heteroatoms. The number of aryl methyl sites for hydroxylation is 1. The standard InChI is InChI=1S/C21H21N3O3/c1-23-12-15-7-8-24(13-14-3-2-4-17(23)20(14)15)21(25)22-16-5-6-18-19(11-16)27-10-9-26-18/h2-6,11-12H,7-10,13H2,1H3,(H,22,25). The SMILES string of the molecule is Cn1cc2c3c(cccc31)CN(C(=O)Nc1ccc3c(c1)OCCO3)CC2. The van der Waals surface area contributed by atoms with Gasteiger partial charge in [-0.15, -0.1) is 0 Å². The summed E-state index contributed by atoms with van der Waals surface area (Å²) < 4.78 is 13.3. The van der Waals surface area contributed by atoms with E-state index in [4.69, 9.17) is 9.47 Å². The Kier molecular flexibility index (Phi) is 3.70. The molecule has 2 aliphatic heterocycles. The van der Waals surface area contributed by atoms with Crippen molar-refractivity contribution in [3.63, 3.8) is 0 Å². The first-order chi connectivity index (χ1) is 13.2. The minimum Gasteiger partial charge on any atom is -0.486 e. The quantitative estimate of drug-likeness (QED) is 0.719. The molecule has 27 heavy (non-hydrogen) atoms. The van der Waals surface area contributed by atoms with E-state index in [0.717, 1.165) is 12.2 Å². The number of ether oxygens (including phenoxy) is 2. The summed E-state index contributed by atoms with van der Waals surface area (Å²) in [6, 6.07) is 11.7. The first kappa shape index (κ1) is 16.1. The Morgan fingerprint density at radius 3 is 2.81 bits per heavy atom. The number of benzene rings is 2. The monoisotopic (exact) mass is 363 g/mol. The average Bonchev–Trinajstić information content (AvgIpc) is 2.89. The molecular weight excluding hydrogens is 342 g/mol. The molecule has 0 spiro atoms. The van der Waals surface area contributed by atoms with E-state index < -0.39 is 0 Å². The lowest BCUT2D eigenvalue weighted by Crippen LogP contribution is -2.35. The van der Waals surface area contributed by atoms with Crippen LogP contribution < -0.4 is 14.8 Å². The zero-order chi connectivity index (χ0) is 18.4. The Morgan fingerprint density at radius 1 is 1.07 bits per heavy atom. The third-order valence-corrected chi connectivity index (χ3v) is 5.27. The van der Waals surface area contributed by atoms with Gasteiger partial charge in [-0.05, 0) is 35.7 Å². The van der Waals surface area contributed by atoms with Crippen LogP contribution in [-0.2, 0) is 20.0 Å². The van der Waals surface area contributed by atoms with E-state index in [-0.39, 0.29) is 6.03 Å². The van der Waals surface area contributed by atoms with Gasteiger partial charge in [0.05, 0.1) is 0 Å². The van der Waals surface area contributed by atoms with Gasteiger partial charge in [-0.2, -0.15) is 0 Å². The maximum Gasteiger partial charge on any atom is 0.322 e. The highest BCUT2D eigenvalue weighted by Gasteiger charge is 2.22. The highest BCUT2D eigenvalue weighted by molar-refractivity contribution is 5.92. The molecule has 0 aliphatic carbocycles. The first-order valence-electron chi connectivity index (χ1n) is 9.20. The maximum atomic E-state index is 12.9. The predicted molar refractivity (Wildman–Crippen MR) is 103 cm³/mol. The minimum atomic E-state index is -0.0989. The molecule has 0 radical (unpaired) electrons. The van der Waals surface area contributed by atoms with Crippen LogP contribution in [0.15, 0.2) is 42.6 Å². The van der Waals surface area contributed by atoms with Crippen LogP contribution in [0.1, 0.15) is 11.1 Å². The zero-order valence-corrected chi connectivity index (χ0v) is 15.2. The van der Waals surface area contributed by atoms with Crippen LogP contribution in [0.5, 0.6) is 11.5 Å². The summed E-state index contributed by atoms with van der Waals surface area (Å²) in [5.74, 6) is 1.39. The number of anilines is 1. The molecule has 3 heterocycles. The summed E-state index contributed by atoms with van der Waals surface area (Å²) in [7, 11) is 2.07. The molecule has 0 bridgehead atoms. The van der Waals surface area contributed by atoms with Gasteiger partial charge in [-0.25, -0.2) is 4.79 Å². The Labute approximate surface area is 157 Å². The molecule has 1 N–H and O–H groups in total. The Hall–Kier alpha value is -3.15. The Balaban J connectivity index is 1.38. The fourth-order valence-electron chi connectivity index (χ4n) is 3.98. The van der Waals surface area contributed by atoms with Gasteiger partial charge in [0.15, 0.2) is 11.5 Å². The number of carbonyl (C=O) groups excluding carboxylic acids is 1. The second-order valence-corrected chi connectivity index (χ2v) is 7.04. The van der Waals surface area contributed by atoms with Gasteiger partial charge in [0, 0.05) is 49.0 Å². The van der Waals surface area contributed by atoms with Crippen LogP contribution in [-0.4, -0.2) is 35.3 Å². The molecule has 0 fully saturated rings. The van der Waals surface area contributed by atoms with Gasteiger partial charge in [-0.3, -0.25) is 0 Å². The molecule has 138 valence electrons. The molecule has 0 atom stereocenters. The fraction of sp³-hybridized carbons (Fsp3) is 0.286. The van der Waals surface area contributed by atoms with Crippen LogP contribution in [0.2, 0.25) is 0 Å². The summed E-state index contributed by atoms with van der Waals surface area (Å²) in [6.45, 7) is 2.37. The normalized spacial score (nSPS) is 15.5. The van der Waals surface area contributed by atoms with Crippen molar-refractivity contribution in [1.29, 1.82) is 0 Å². The van der Waals surface area contributed by atoms with E-state index in [0.29, 0.717) is 37.7 Å². The van der Waals surface area contributed by atoms with Gasteiger partial charge in [0.25, 0.3) is 0 Å². The number of fused-ring (bicyclic) bond motifs is 1. The second kappa shape index (κ2) is 6.23. The van der Waals surface area contributed by atoms with Crippen LogP contribution in [0, 0.1) is 0 Å². The molecule has 5 rings (SSSR count). The molecule has 2 amide bonds. The smallest absolute Gasteiger partial charge is 0.322 e. The Morgan fingerprint density at radius 2 is 1.93 bits per heavy atom. The molecule has 2 aromatic carbocycles. The number of nitrogens with zero attached hydrogens (tertiary/aromatic N) is 2. The summed E-state index contributed by atoms with van der Waals surface area (Å²) in [5.41, 5.74) is 4.43. The van der Waals surface area contributed by atoms with Gasteiger partial charge >= 0.3 is 6.03 Å². The minimum absolute atomic E-state index is 0.0989. The topological polar surface area (TPSA) is 55.7 Å².